The third kappa shape index (κ3) is 5.48. The normalized spacial score (nSPS) is 14.4. The Labute approximate surface area is 260 Å². The fraction of sp³-hybridized carbons (Fsp3) is 0.229. The smallest absolute Gasteiger partial charge is 0.407 e. The highest BCUT2D eigenvalue weighted by Gasteiger charge is 2.30. The minimum atomic E-state index is -4.12. The van der Waals surface area contributed by atoms with Crippen LogP contribution in [-0.4, -0.2) is 40.0 Å². The van der Waals surface area contributed by atoms with E-state index >= 15 is 0 Å². The molecule has 1 unspecified atom stereocenters. The van der Waals surface area contributed by atoms with Gasteiger partial charge < -0.3 is 24.0 Å². The van der Waals surface area contributed by atoms with Gasteiger partial charge in [0.1, 0.15) is 12.9 Å². The number of rotatable bonds is 9. The van der Waals surface area contributed by atoms with Crippen molar-refractivity contribution in [1.82, 2.24) is 14.9 Å². The molecule has 2 aliphatic rings. The van der Waals surface area contributed by atoms with E-state index in [0.29, 0.717) is 24.9 Å². The highest BCUT2D eigenvalue weighted by molar-refractivity contribution is 7.52. The summed E-state index contributed by atoms with van der Waals surface area (Å²) in [5.74, 6) is -0.110. The summed E-state index contributed by atoms with van der Waals surface area (Å²) in [5.41, 5.74) is 9.50. The van der Waals surface area contributed by atoms with E-state index in [1.54, 1.807) is 11.5 Å². The maximum Gasteiger partial charge on any atom is 0.407 e. The van der Waals surface area contributed by atoms with Crippen LogP contribution in [0.4, 0.5) is 4.79 Å². The van der Waals surface area contributed by atoms with Gasteiger partial charge in [-0.25, -0.2) is 9.78 Å². The van der Waals surface area contributed by atoms with Crippen molar-refractivity contribution >= 4 is 24.6 Å². The number of nitrogens with one attached hydrogen (secondary N) is 1. The van der Waals surface area contributed by atoms with Gasteiger partial charge in [0.15, 0.2) is 0 Å². The maximum atomic E-state index is 12.8. The lowest BCUT2D eigenvalue weighted by Gasteiger charge is -2.16. The molecule has 45 heavy (non-hydrogen) atoms. The molecule has 10 heteroatoms. The number of benzene rings is 3. The SMILES string of the molecule is Cc1ccc2n(c1=O)Cc1c-2nc2ccccc2c1CCCOP(=O)(O)CNC(=O)OCC1c2ccccc2-c2ccccc21. The van der Waals surface area contributed by atoms with E-state index in [9.17, 15) is 19.0 Å². The molecule has 3 aromatic carbocycles. The molecule has 1 aliphatic heterocycles. The van der Waals surface area contributed by atoms with Crippen LogP contribution in [0.3, 0.4) is 0 Å². The van der Waals surface area contributed by atoms with Crippen LogP contribution in [0.1, 0.15) is 40.2 Å². The van der Waals surface area contributed by atoms with Gasteiger partial charge in [0.05, 0.1) is 30.1 Å². The van der Waals surface area contributed by atoms with Crippen molar-refractivity contribution in [2.45, 2.75) is 32.2 Å². The van der Waals surface area contributed by atoms with E-state index < -0.39 is 20.0 Å². The predicted octanol–water partition coefficient (Wildman–Crippen LogP) is 6.36. The lowest BCUT2D eigenvalue weighted by molar-refractivity contribution is 0.143. The molecule has 1 amide bonds. The molecule has 2 aromatic heterocycles. The second-order valence-corrected chi connectivity index (χ2v) is 13.3. The topological polar surface area (TPSA) is 120 Å². The minimum Gasteiger partial charge on any atom is -0.449 e. The van der Waals surface area contributed by atoms with Crippen molar-refractivity contribution in [3.8, 4) is 22.5 Å². The molecule has 3 heterocycles. The Morgan fingerprint density at radius 2 is 1.69 bits per heavy atom. The zero-order valence-corrected chi connectivity index (χ0v) is 25.6. The number of ether oxygens (including phenoxy) is 1. The molecule has 0 radical (unpaired) electrons. The monoisotopic (exact) mass is 621 g/mol. The first-order valence-corrected chi connectivity index (χ1v) is 16.7. The fourth-order valence-corrected chi connectivity index (χ4v) is 7.35. The first kappa shape index (κ1) is 29.2. The summed E-state index contributed by atoms with van der Waals surface area (Å²) >= 11 is 0. The molecule has 0 fully saturated rings. The molecule has 0 bridgehead atoms. The maximum absolute atomic E-state index is 12.8. The molecule has 7 rings (SSSR count). The van der Waals surface area contributed by atoms with Gasteiger partial charge in [0.2, 0.25) is 0 Å². The Morgan fingerprint density at radius 3 is 2.44 bits per heavy atom. The molecule has 228 valence electrons. The molecule has 9 nitrogen and oxygen atoms in total. The number of aryl methyl sites for hydroxylation is 2. The third-order valence-electron chi connectivity index (χ3n) is 8.67. The van der Waals surface area contributed by atoms with Gasteiger partial charge in [0, 0.05) is 22.4 Å². The summed E-state index contributed by atoms with van der Waals surface area (Å²) in [5, 5.41) is 3.38. The molecule has 0 saturated carbocycles. The Hall–Kier alpha value is -4.56. The quantitative estimate of drug-likeness (QED) is 0.142. The first-order chi connectivity index (χ1) is 21.8. The van der Waals surface area contributed by atoms with E-state index in [1.807, 2.05) is 72.8 Å². The highest BCUT2D eigenvalue weighted by atomic mass is 31.2. The molecule has 5 aromatic rings. The number of alkyl carbamates (subject to hydrolysis) is 1. The number of hydrogen-bond donors (Lipinski definition) is 2. The van der Waals surface area contributed by atoms with Crippen molar-refractivity contribution in [3.05, 3.63) is 123 Å². The average molecular weight is 622 g/mol. The number of aromatic nitrogens is 2. The van der Waals surface area contributed by atoms with Crippen LogP contribution in [-0.2, 0) is 26.8 Å². The van der Waals surface area contributed by atoms with Gasteiger partial charge in [-0.3, -0.25) is 9.36 Å². The molecule has 0 saturated heterocycles. The van der Waals surface area contributed by atoms with E-state index in [4.69, 9.17) is 14.2 Å². The lowest BCUT2D eigenvalue weighted by Crippen LogP contribution is -2.27. The van der Waals surface area contributed by atoms with E-state index in [1.165, 1.54) is 0 Å². The van der Waals surface area contributed by atoms with Crippen LogP contribution in [0.15, 0.2) is 89.7 Å². The number of pyridine rings is 2. The van der Waals surface area contributed by atoms with Crippen molar-refractivity contribution in [1.29, 1.82) is 0 Å². The summed E-state index contributed by atoms with van der Waals surface area (Å²) in [6.45, 7) is 2.35. The van der Waals surface area contributed by atoms with Crippen LogP contribution in [0.25, 0.3) is 33.4 Å². The number of hydrogen-bond acceptors (Lipinski definition) is 6. The van der Waals surface area contributed by atoms with Gasteiger partial charge >= 0.3 is 13.7 Å². The molecule has 1 aliphatic carbocycles. The van der Waals surface area contributed by atoms with Gasteiger partial charge in [-0.05, 0) is 59.7 Å². The standard InChI is InChI=1S/C35H32N3O6P/c1-22-16-17-32-33-29(19-38(32)34(22)39)27(28-13-6-7-15-31(28)37-33)14-8-18-44-45(41,42)21-36-35(40)43-20-30-25-11-4-2-9-23(25)24-10-3-5-12-26(24)30/h2-7,9-13,15-17,30H,8,14,18-21H2,1H3,(H,36,40)(H,41,42). The van der Waals surface area contributed by atoms with Crippen LogP contribution in [0.2, 0.25) is 0 Å². The van der Waals surface area contributed by atoms with Gasteiger partial charge in [0.25, 0.3) is 5.56 Å². The third-order valence-corrected chi connectivity index (χ3v) is 9.81. The molecule has 0 spiro atoms. The van der Waals surface area contributed by atoms with E-state index in [2.05, 4.69) is 17.4 Å². The van der Waals surface area contributed by atoms with Crippen LogP contribution in [0, 0.1) is 6.92 Å². The zero-order chi connectivity index (χ0) is 31.1. The highest BCUT2D eigenvalue weighted by Crippen LogP contribution is 2.45. The fourth-order valence-electron chi connectivity index (χ4n) is 6.51. The predicted molar refractivity (Wildman–Crippen MR) is 172 cm³/mol. The number of fused-ring (bicyclic) bond motifs is 7. The first-order valence-electron chi connectivity index (χ1n) is 15.0. The summed E-state index contributed by atoms with van der Waals surface area (Å²) in [6, 6.07) is 27.6. The van der Waals surface area contributed by atoms with E-state index in [0.717, 1.165) is 55.7 Å². The molecule has 1 atom stereocenters. The van der Waals surface area contributed by atoms with Crippen LogP contribution < -0.4 is 10.9 Å². The lowest BCUT2D eigenvalue weighted by atomic mass is 9.97. The van der Waals surface area contributed by atoms with Crippen molar-refractivity contribution < 1.29 is 23.5 Å². The van der Waals surface area contributed by atoms with Gasteiger partial charge in [-0.15, -0.1) is 0 Å². The number of para-hydroxylation sites is 1. The number of amides is 1. The number of carbonyl (C=O) groups is 1. The second-order valence-electron chi connectivity index (χ2n) is 11.5. The molecular formula is C35H32N3O6P. The Bertz CT molecular complexity index is 2030. The second kappa shape index (κ2) is 11.7. The zero-order valence-electron chi connectivity index (χ0n) is 24.7. The Morgan fingerprint density at radius 1 is 1.00 bits per heavy atom. The van der Waals surface area contributed by atoms with E-state index in [-0.39, 0.29) is 24.7 Å². The summed E-state index contributed by atoms with van der Waals surface area (Å²) in [7, 11) is -4.12. The molecular weight excluding hydrogens is 589 g/mol. The van der Waals surface area contributed by atoms with Crippen molar-refractivity contribution in [2.75, 3.05) is 19.5 Å². The van der Waals surface area contributed by atoms with Crippen LogP contribution in [0.5, 0.6) is 0 Å². The average Bonchev–Trinajstić information content (AvgIpc) is 3.58. The Balaban J connectivity index is 0.955. The summed E-state index contributed by atoms with van der Waals surface area (Å²) in [6.07, 6.45) is -0.319. The van der Waals surface area contributed by atoms with Crippen LogP contribution >= 0.6 is 7.60 Å². The summed E-state index contributed by atoms with van der Waals surface area (Å²) in [4.78, 5) is 40.6. The van der Waals surface area contributed by atoms with Gasteiger partial charge in [-0.1, -0.05) is 72.8 Å². The van der Waals surface area contributed by atoms with Crippen molar-refractivity contribution in [2.24, 2.45) is 0 Å². The molecule has 2 N–H and O–H groups in total. The van der Waals surface area contributed by atoms with Crippen molar-refractivity contribution in [3.63, 3.8) is 0 Å². The number of carbonyl (C=O) groups excluding carboxylic acids is 1. The number of nitrogens with zero attached hydrogens (tertiary/aromatic N) is 2. The van der Waals surface area contributed by atoms with Gasteiger partial charge in [-0.2, -0.15) is 0 Å². The Kier molecular flexibility index (Phi) is 7.61. The largest absolute Gasteiger partial charge is 0.449 e. The minimum absolute atomic E-state index is 0.0115. The summed E-state index contributed by atoms with van der Waals surface area (Å²) < 4.78 is 25.4.